The lowest BCUT2D eigenvalue weighted by Crippen LogP contribution is -2.07. The summed E-state index contributed by atoms with van der Waals surface area (Å²) in [6, 6.07) is 40.3. The summed E-state index contributed by atoms with van der Waals surface area (Å²) in [6.07, 6.45) is 0. The fraction of sp³-hybridized carbons (Fsp3) is 0. The zero-order valence-corrected chi connectivity index (χ0v) is 46.0. The summed E-state index contributed by atoms with van der Waals surface area (Å²) in [4.78, 5) is 10.5. The molecule has 0 unspecified atom stereocenters. The van der Waals surface area contributed by atoms with Gasteiger partial charge in [0.15, 0.2) is 23.3 Å². The molecule has 0 saturated carbocycles. The van der Waals surface area contributed by atoms with Gasteiger partial charge in [0.2, 0.25) is 5.82 Å². The van der Waals surface area contributed by atoms with Gasteiger partial charge in [0.25, 0.3) is 0 Å². The molecule has 8 bridgehead atoms. The first-order chi connectivity index (χ1) is 32.2. The van der Waals surface area contributed by atoms with E-state index in [1.165, 1.54) is 0 Å². The van der Waals surface area contributed by atoms with Gasteiger partial charge in [-0.2, -0.15) is 0 Å². The molecular formula is C50H21Br8F5N4. The molecule has 2 aliphatic heterocycles. The largest absolute Gasteiger partial charge is 0.308 e. The van der Waals surface area contributed by atoms with Crippen LogP contribution in [0.3, 0.4) is 0 Å². The summed E-state index contributed by atoms with van der Waals surface area (Å²) in [7, 11) is 0. The quantitative estimate of drug-likeness (QED) is 0.0978. The molecule has 0 fully saturated rings. The van der Waals surface area contributed by atoms with Crippen LogP contribution in [-0.2, 0) is 0 Å². The van der Waals surface area contributed by atoms with Crippen LogP contribution in [0.15, 0.2) is 145 Å². The molecule has 4 nitrogen and oxygen atoms in total. The molecule has 17 heteroatoms. The van der Waals surface area contributed by atoms with E-state index in [0.717, 1.165) is 22.3 Å². The van der Waals surface area contributed by atoms with Gasteiger partial charge in [0, 0.05) is 28.0 Å². The Hall–Kier alpha value is -3.81. The van der Waals surface area contributed by atoms with Gasteiger partial charge in [-0.25, -0.2) is 31.9 Å². The molecule has 0 saturated heterocycles. The number of halogens is 13. The molecule has 3 aromatic heterocycles. The van der Waals surface area contributed by atoms with Gasteiger partial charge in [-0.05, 0) is 146 Å². The third-order valence-corrected chi connectivity index (χ3v) is 18.3. The molecule has 10 rings (SSSR count). The number of hydrogen-bond acceptors (Lipinski definition) is 2. The highest BCUT2D eigenvalue weighted by Crippen LogP contribution is 2.54. The molecule has 5 heterocycles. The predicted octanol–water partition coefficient (Wildman–Crippen LogP) is 19.1. The number of rotatable bonds is 5. The van der Waals surface area contributed by atoms with Crippen LogP contribution in [0.2, 0.25) is 0 Å². The van der Waals surface area contributed by atoms with E-state index in [1.807, 2.05) is 126 Å². The third-order valence-electron chi connectivity index (χ3n) is 11.2. The second-order valence-corrected chi connectivity index (χ2v) is 21.2. The van der Waals surface area contributed by atoms with Gasteiger partial charge >= 0.3 is 0 Å². The SMILES string of the molecule is Fc1c(F)c(F)c(C2=C(Br)c3nc2cc2c(-c4ccccc4)c(-c4ccccc4)c(c(-c4ccccc4)c4nc(c(Br)c5c(Br)c(Br)c(c3Br)n5Br)C(Br)=C4Br)n2-c2ccccc2)c(F)c1F. The molecule has 67 heavy (non-hydrogen) atoms. The Morgan fingerprint density at radius 3 is 1.31 bits per heavy atom. The zero-order valence-electron chi connectivity index (χ0n) is 33.3. The van der Waals surface area contributed by atoms with Crippen LogP contribution >= 0.6 is 128 Å². The molecule has 0 amide bonds. The molecule has 0 atom stereocenters. The molecule has 0 N–H and O–H groups in total. The van der Waals surface area contributed by atoms with Crippen molar-refractivity contribution < 1.29 is 22.0 Å². The van der Waals surface area contributed by atoms with Crippen LogP contribution in [-0.4, -0.2) is 18.1 Å². The van der Waals surface area contributed by atoms with Crippen molar-refractivity contribution in [2.45, 2.75) is 0 Å². The number of nitrogens with zero attached hydrogens (tertiary/aromatic N) is 4. The number of para-hydroxylation sites is 1. The zero-order chi connectivity index (χ0) is 47.2. The Morgan fingerprint density at radius 1 is 0.388 bits per heavy atom. The van der Waals surface area contributed by atoms with E-state index < -0.39 is 34.6 Å². The van der Waals surface area contributed by atoms with E-state index in [4.69, 9.17) is 9.97 Å². The fourth-order valence-corrected chi connectivity index (χ4v) is 15.1. The van der Waals surface area contributed by atoms with Crippen molar-refractivity contribution in [2.75, 3.05) is 0 Å². The Bertz CT molecular complexity index is 3630. The molecule has 8 aromatic rings. The monoisotopic (exact) mass is 1400 g/mol. The molecule has 5 aromatic carbocycles. The van der Waals surface area contributed by atoms with Crippen LogP contribution in [0.25, 0.3) is 80.2 Å². The minimum atomic E-state index is -2.29. The van der Waals surface area contributed by atoms with Crippen molar-refractivity contribution in [2.24, 2.45) is 0 Å². The first-order valence-electron chi connectivity index (χ1n) is 19.7. The highest BCUT2D eigenvalue weighted by molar-refractivity contribution is 9.18. The molecule has 0 spiro atoms. The Labute approximate surface area is 445 Å². The lowest BCUT2D eigenvalue weighted by molar-refractivity contribution is 0.376. The van der Waals surface area contributed by atoms with E-state index in [2.05, 4.69) is 128 Å². The standard InChI is InChI=1S/C50H21Br8F5N4/c51-33-31(32-40(59)42(61)44(63)43(62)41(32)60)26-21-27-28(22-13-5-1-6-14-22)29(23-15-7-2-8-16-23)48(66(27)25-19-11-4-12-20-25)30(24-17-9-3-10-18-24)45-34(52)35(53)47(65-45)39(57)50-37(55)36(54)49(67(50)58)38(56)46(33)64-26/h1-21H. The molecule has 2 aliphatic rings. The Balaban J connectivity index is 1.61. The second-order valence-electron chi connectivity index (χ2n) is 14.9. The van der Waals surface area contributed by atoms with Crippen molar-refractivity contribution in [1.29, 1.82) is 0 Å². The van der Waals surface area contributed by atoms with E-state index in [-0.39, 0.29) is 25.9 Å². The van der Waals surface area contributed by atoms with Crippen molar-refractivity contribution in [3.05, 3.63) is 203 Å². The van der Waals surface area contributed by atoms with E-state index in [0.29, 0.717) is 72.7 Å². The highest BCUT2D eigenvalue weighted by atomic mass is 79.9. The number of hydrogen-bond donors (Lipinski definition) is 0. The summed E-state index contributed by atoms with van der Waals surface area (Å²) >= 11 is 30.3. The smallest absolute Gasteiger partial charge is 0.200 e. The first-order valence-corrected chi connectivity index (χ1v) is 25.9. The average molecular weight is 1410 g/mol. The molecule has 0 aliphatic carbocycles. The topological polar surface area (TPSA) is 35.6 Å². The first kappa shape index (κ1) is 46.9. The van der Waals surface area contributed by atoms with E-state index in [9.17, 15) is 4.39 Å². The normalized spacial score (nSPS) is 12.7. The van der Waals surface area contributed by atoms with Crippen LogP contribution in [0.1, 0.15) is 28.3 Å². The Morgan fingerprint density at radius 2 is 0.806 bits per heavy atom. The molecular weight excluding hydrogens is 1390 g/mol. The minimum absolute atomic E-state index is 0.0628. The van der Waals surface area contributed by atoms with E-state index in [1.54, 1.807) is 9.66 Å². The van der Waals surface area contributed by atoms with E-state index >= 15 is 17.6 Å². The summed E-state index contributed by atoms with van der Waals surface area (Å²) in [5.41, 5.74) is 6.61. The van der Waals surface area contributed by atoms with Gasteiger partial charge in [-0.1, -0.05) is 109 Å². The summed E-state index contributed by atoms with van der Waals surface area (Å²) in [5.74, 6) is -10.5. The second kappa shape index (κ2) is 18.5. The van der Waals surface area contributed by atoms with Gasteiger partial charge in [-0.3, -0.25) is 3.59 Å². The van der Waals surface area contributed by atoms with Crippen LogP contribution in [0.5, 0.6) is 0 Å². The number of fused-ring (bicyclic) bond motifs is 8. The van der Waals surface area contributed by atoms with Crippen molar-refractivity contribution in [3.63, 3.8) is 0 Å². The summed E-state index contributed by atoms with van der Waals surface area (Å²) < 4.78 is 85.2. The van der Waals surface area contributed by atoms with Gasteiger partial charge in [-0.15, -0.1) is 0 Å². The third kappa shape index (κ3) is 7.60. The lowest BCUT2D eigenvalue weighted by atomic mass is 9.93. The van der Waals surface area contributed by atoms with Gasteiger partial charge in [0.05, 0.1) is 97.9 Å². The van der Waals surface area contributed by atoms with Gasteiger partial charge in [0.1, 0.15) is 0 Å². The molecule has 0 radical (unpaired) electrons. The van der Waals surface area contributed by atoms with Crippen molar-refractivity contribution >= 4 is 169 Å². The fourth-order valence-electron chi connectivity index (χ4n) is 8.29. The maximum atomic E-state index is 16.4. The van der Waals surface area contributed by atoms with Crippen molar-refractivity contribution in [3.8, 4) is 39.1 Å². The van der Waals surface area contributed by atoms with Crippen molar-refractivity contribution in [1.82, 2.24) is 18.1 Å². The summed E-state index contributed by atoms with van der Waals surface area (Å²) in [5, 5.41) is 0. The predicted molar refractivity (Wildman–Crippen MR) is 287 cm³/mol. The van der Waals surface area contributed by atoms with Gasteiger partial charge < -0.3 is 4.57 Å². The Kier molecular flexibility index (Phi) is 12.9. The average Bonchev–Trinajstić information content (AvgIpc) is 4.02. The molecule has 332 valence electrons. The van der Waals surface area contributed by atoms with Crippen LogP contribution in [0, 0.1) is 29.1 Å². The lowest BCUT2D eigenvalue weighted by Gasteiger charge is -2.14. The maximum absolute atomic E-state index is 16.4. The number of aromatic nitrogens is 4. The van der Waals surface area contributed by atoms with Crippen LogP contribution in [0.4, 0.5) is 22.0 Å². The highest BCUT2D eigenvalue weighted by Gasteiger charge is 2.35. The van der Waals surface area contributed by atoms with Crippen LogP contribution < -0.4 is 0 Å². The maximum Gasteiger partial charge on any atom is 0.200 e. The minimum Gasteiger partial charge on any atom is -0.308 e. The summed E-state index contributed by atoms with van der Waals surface area (Å²) in [6.45, 7) is 0. The number of benzene rings is 5.